The van der Waals surface area contributed by atoms with E-state index in [0.29, 0.717) is 29.5 Å². The van der Waals surface area contributed by atoms with Gasteiger partial charge in [-0.2, -0.15) is 0 Å². The molecule has 1 heterocycles. The highest BCUT2D eigenvalue weighted by atomic mass is 32.2. The topological polar surface area (TPSA) is 65.1 Å². The average molecular weight is 387 g/mol. The molecule has 0 aromatic heterocycles. The van der Waals surface area contributed by atoms with Crippen LogP contribution in [0.3, 0.4) is 0 Å². The van der Waals surface area contributed by atoms with Gasteiger partial charge in [-0.3, -0.25) is 9.59 Å². The zero-order chi connectivity index (χ0) is 19.4. The number of hydrogen-bond acceptors (Lipinski definition) is 6. The lowest BCUT2D eigenvalue weighted by Gasteiger charge is -2.25. The molecular weight excluding hydrogens is 366 g/mol. The van der Waals surface area contributed by atoms with E-state index in [0.717, 1.165) is 11.1 Å². The first-order chi connectivity index (χ1) is 13.0. The van der Waals surface area contributed by atoms with Crippen LogP contribution in [0, 0.1) is 0 Å². The Bertz CT molecular complexity index is 815. The number of esters is 1. The summed E-state index contributed by atoms with van der Waals surface area (Å²) in [5.41, 5.74) is 1.92. The molecule has 27 heavy (non-hydrogen) atoms. The van der Waals surface area contributed by atoms with Gasteiger partial charge in [0.15, 0.2) is 0 Å². The quantitative estimate of drug-likeness (QED) is 0.559. The minimum atomic E-state index is -0.359. The van der Waals surface area contributed by atoms with Crippen molar-refractivity contribution in [3.05, 3.63) is 53.6 Å². The van der Waals surface area contributed by atoms with Gasteiger partial charge in [0.1, 0.15) is 22.6 Å². The highest BCUT2D eigenvalue weighted by Gasteiger charge is 2.33. The van der Waals surface area contributed by atoms with Crippen LogP contribution in [0.4, 0.5) is 0 Å². The van der Waals surface area contributed by atoms with Crippen LogP contribution in [0.1, 0.15) is 23.4 Å². The van der Waals surface area contributed by atoms with Crippen LogP contribution in [0.15, 0.2) is 42.5 Å². The highest BCUT2D eigenvalue weighted by Crippen LogP contribution is 2.40. The second-order valence-electron chi connectivity index (χ2n) is 6.07. The average Bonchev–Trinajstić information content (AvgIpc) is 3.02. The van der Waals surface area contributed by atoms with Gasteiger partial charge in [0.05, 0.1) is 20.0 Å². The van der Waals surface area contributed by atoms with Gasteiger partial charge >= 0.3 is 5.97 Å². The van der Waals surface area contributed by atoms with Gasteiger partial charge in [-0.15, -0.1) is 11.8 Å². The summed E-state index contributed by atoms with van der Waals surface area (Å²) in [5, 5.41) is -0.0962. The molecule has 6 nitrogen and oxygen atoms in total. The standard InChI is InChI=1S/C20H21NO5S/c1-13(22)26-16-6-4-15(5-7-16)20-21(19(23)12-27-20)11-14-8-17(24-2)10-18(9-14)25-3/h4-10,20H,11-12H2,1-3H3. The first-order valence-corrected chi connectivity index (χ1v) is 9.46. The molecule has 142 valence electrons. The van der Waals surface area contributed by atoms with Gasteiger partial charge in [-0.1, -0.05) is 12.1 Å². The molecule has 0 spiro atoms. The van der Waals surface area contributed by atoms with Crippen LogP contribution in [-0.4, -0.2) is 36.7 Å². The Hall–Kier alpha value is -2.67. The summed E-state index contributed by atoms with van der Waals surface area (Å²) < 4.78 is 15.7. The number of nitrogens with zero attached hydrogens (tertiary/aromatic N) is 1. The molecule has 1 aliphatic heterocycles. The van der Waals surface area contributed by atoms with Crippen LogP contribution in [0.25, 0.3) is 0 Å². The molecule has 1 aliphatic rings. The van der Waals surface area contributed by atoms with Gasteiger partial charge in [0, 0.05) is 19.5 Å². The molecule has 1 unspecified atom stereocenters. The number of hydrogen-bond donors (Lipinski definition) is 0. The minimum Gasteiger partial charge on any atom is -0.497 e. The summed E-state index contributed by atoms with van der Waals surface area (Å²) in [5.74, 6) is 2.01. The fraction of sp³-hybridized carbons (Fsp3) is 0.300. The van der Waals surface area contributed by atoms with Crippen LogP contribution in [-0.2, 0) is 16.1 Å². The van der Waals surface area contributed by atoms with Gasteiger partial charge in [0.2, 0.25) is 5.91 Å². The Labute approximate surface area is 162 Å². The number of rotatable bonds is 6. The predicted octanol–water partition coefficient (Wildman–Crippen LogP) is 3.40. The number of benzene rings is 2. The van der Waals surface area contributed by atoms with Gasteiger partial charge in [-0.25, -0.2) is 0 Å². The fourth-order valence-corrected chi connectivity index (χ4v) is 4.11. The monoisotopic (exact) mass is 387 g/mol. The zero-order valence-corrected chi connectivity index (χ0v) is 16.2. The smallest absolute Gasteiger partial charge is 0.308 e. The molecule has 1 atom stereocenters. The van der Waals surface area contributed by atoms with Crippen molar-refractivity contribution < 1.29 is 23.8 Å². The first-order valence-electron chi connectivity index (χ1n) is 8.41. The van der Waals surface area contributed by atoms with Crippen molar-refractivity contribution in [3.63, 3.8) is 0 Å². The molecule has 2 aromatic carbocycles. The molecule has 1 saturated heterocycles. The lowest BCUT2D eigenvalue weighted by atomic mass is 10.1. The zero-order valence-electron chi connectivity index (χ0n) is 15.4. The van der Waals surface area contributed by atoms with Gasteiger partial charge in [-0.05, 0) is 35.4 Å². The van der Waals surface area contributed by atoms with Crippen LogP contribution in [0.5, 0.6) is 17.2 Å². The third-order valence-corrected chi connectivity index (χ3v) is 5.42. The van der Waals surface area contributed by atoms with E-state index in [4.69, 9.17) is 14.2 Å². The van der Waals surface area contributed by atoms with Crippen molar-refractivity contribution >= 4 is 23.6 Å². The van der Waals surface area contributed by atoms with Crippen LogP contribution < -0.4 is 14.2 Å². The molecule has 0 saturated carbocycles. The number of ether oxygens (including phenoxy) is 3. The molecule has 0 bridgehead atoms. The summed E-state index contributed by atoms with van der Waals surface area (Å²) in [7, 11) is 3.20. The molecule has 3 rings (SSSR count). The predicted molar refractivity (Wildman–Crippen MR) is 103 cm³/mol. The largest absolute Gasteiger partial charge is 0.497 e. The van der Waals surface area contributed by atoms with Crippen molar-refractivity contribution in [2.24, 2.45) is 0 Å². The van der Waals surface area contributed by atoms with E-state index in [1.54, 1.807) is 44.2 Å². The molecule has 2 aromatic rings. The maximum atomic E-state index is 12.5. The van der Waals surface area contributed by atoms with Crippen molar-refractivity contribution in [1.82, 2.24) is 4.90 Å². The molecule has 7 heteroatoms. The third-order valence-electron chi connectivity index (χ3n) is 4.16. The van der Waals surface area contributed by atoms with Crippen molar-refractivity contribution in [3.8, 4) is 17.2 Å². The summed E-state index contributed by atoms with van der Waals surface area (Å²) in [4.78, 5) is 25.3. The van der Waals surface area contributed by atoms with Crippen LogP contribution in [0.2, 0.25) is 0 Å². The second kappa shape index (κ2) is 8.35. The molecule has 1 amide bonds. The lowest BCUT2D eigenvalue weighted by molar-refractivity contribution is -0.132. The van der Waals surface area contributed by atoms with E-state index < -0.39 is 0 Å². The molecule has 0 aliphatic carbocycles. The fourth-order valence-electron chi connectivity index (χ4n) is 2.92. The summed E-state index contributed by atoms with van der Waals surface area (Å²) in [6.07, 6.45) is 0. The molecule has 0 N–H and O–H groups in total. The SMILES string of the molecule is COc1cc(CN2C(=O)CSC2c2ccc(OC(C)=O)cc2)cc(OC)c1. The van der Waals surface area contributed by atoms with Crippen molar-refractivity contribution in [2.75, 3.05) is 20.0 Å². The Morgan fingerprint density at radius 1 is 1.07 bits per heavy atom. The second-order valence-corrected chi connectivity index (χ2v) is 7.14. The lowest BCUT2D eigenvalue weighted by Crippen LogP contribution is -2.27. The van der Waals surface area contributed by atoms with E-state index >= 15 is 0 Å². The number of methoxy groups -OCH3 is 2. The summed E-state index contributed by atoms with van der Waals surface area (Å²) in [6, 6.07) is 12.9. The number of carbonyl (C=O) groups excluding carboxylic acids is 2. The van der Waals surface area contributed by atoms with E-state index in [1.807, 2.05) is 29.2 Å². The van der Waals surface area contributed by atoms with Crippen molar-refractivity contribution in [1.29, 1.82) is 0 Å². The number of thioether (sulfide) groups is 1. The summed E-state index contributed by atoms with van der Waals surface area (Å²) in [6.45, 7) is 1.82. The van der Waals surface area contributed by atoms with E-state index in [2.05, 4.69) is 0 Å². The van der Waals surface area contributed by atoms with E-state index in [1.165, 1.54) is 6.92 Å². The van der Waals surface area contributed by atoms with E-state index in [-0.39, 0.29) is 17.3 Å². The number of carbonyl (C=O) groups is 2. The maximum absolute atomic E-state index is 12.5. The molecule has 1 fully saturated rings. The summed E-state index contributed by atoms with van der Waals surface area (Å²) >= 11 is 1.58. The van der Waals surface area contributed by atoms with Crippen LogP contribution >= 0.6 is 11.8 Å². The Balaban J connectivity index is 1.81. The highest BCUT2D eigenvalue weighted by molar-refractivity contribution is 8.00. The molecular formula is C20H21NO5S. The Morgan fingerprint density at radius 2 is 1.70 bits per heavy atom. The Morgan fingerprint density at radius 3 is 2.26 bits per heavy atom. The Kier molecular flexibility index (Phi) is 5.91. The van der Waals surface area contributed by atoms with Gasteiger partial charge in [0.25, 0.3) is 0 Å². The normalized spacial score (nSPS) is 16.3. The number of amides is 1. The maximum Gasteiger partial charge on any atom is 0.308 e. The minimum absolute atomic E-state index is 0.0795. The first kappa shape index (κ1) is 19.1. The van der Waals surface area contributed by atoms with Gasteiger partial charge < -0.3 is 19.1 Å². The van der Waals surface area contributed by atoms with Crippen molar-refractivity contribution in [2.45, 2.75) is 18.8 Å². The molecule has 0 radical (unpaired) electrons. The van der Waals surface area contributed by atoms with E-state index in [9.17, 15) is 9.59 Å². The third kappa shape index (κ3) is 4.54.